The molecule has 0 aliphatic rings. The molecule has 3 rings (SSSR count). The van der Waals surface area contributed by atoms with Crippen molar-refractivity contribution in [2.24, 2.45) is 0 Å². The first-order valence-electron chi connectivity index (χ1n) is 6.90. The Balaban J connectivity index is 2.07. The van der Waals surface area contributed by atoms with Crippen LogP contribution in [0.25, 0.3) is 10.6 Å². The van der Waals surface area contributed by atoms with Gasteiger partial charge >= 0.3 is 0 Å². The molecule has 22 heavy (non-hydrogen) atoms. The molecular formula is C18H14Cl2N2. The van der Waals surface area contributed by atoms with E-state index in [-0.39, 0.29) is 0 Å². The van der Waals surface area contributed by atoms with E-state index in [1.54, 1.807) is 12.5 Å². The molecule has 1 aromatic heterocycles. The fourth-order valence-electron chi connectivity index (χ4n) is 2.26. The quantitative estimate of drug-likeness (QED) is 0.591. The zero-order valence-electron chi connectivity index (χ0n) is 11.8. The Morgan fingerprint density at radius 3 is 2.32 bits per heavy atom. The minimum Gasteiger partial charge on any atom is -0.333 e. The molecule has 3 aromatic rings. The van der Waals surface area contributed by atoms with Crippen LogP contribution in [0.3, 0.4) is 0 Å². The first-order chi connectivity index (χ1) is 10.7. The van der Waals surface area contributed by atoms with E-state index in [0.29, 0.717) is 11.6 Å². The Morgan fingerprint density at radius 2 is 1.68 bits per heavy atom. The van der Waals surface area contributed by atoms with Gasteiger partial charge in [-0.3, -0.25) is 0 Å². The van der Waals surface area contributed by atoms with E-state index < -0.39 is 0 Å². The normalized spacial score (nSPS) is 12.1. The summed E-state index contributed by atoms with van der Waals surface area (Å²) in [6.07, 6.45) is 5.47. The maximum absolute atomic E-state index is 6.68. The van der Waals surface area contributed by atoms with E-state index in [9.17, 15) is 0 Å². The van der Waals surface area contributed by atoms with Crippen molar-refractivity contribution in [3.05, 3.63) is 89.5 Å². The van der Waals surface area contributed by atoms with Crippen molar-refractivity contribution < 1.29 is 0 Å². The molecule has 0 bridgehead atoms. The molecule has 0 spiro atoms. The molecule has 0 atom stereocenters. The predicted molar refractivity (Wildman–Crippen MR) is 92.8 cm³/mol. The van der Waals surface area contributed by atoms with Gasteiger partial charge in [0, 0.05) is 17.4 Å². The second-order valence-electron chi connectivity index (χ2n) is 4.90. The summed E-state index contributed by atoms with van der Waals surface area (Å²) < 4.78 is 2.00. The smallest absolute Gasteiger partial charge is 0.0949 e. The summed E-state index contributed by atoms with van der Waals surface area (Å²) in [7, 11) is 0. The molecule has 0 amide bonds. The van der Waals surface area contributed by atoms with Gasteiger partial charge in [0.15, 0.2) is 0 Å². The van der Waals surface area contributed by atoms with Crippen molar-refractivity contribution >= 4 is 33.8 Å². The lowest BCUT2D eigenvalue weighted by Crippen LogP contribution is -2.00. The van der Waals surface area contributed by atoms with Crippen LogP contribution in [0.15, 0.2) is 73.3 Å². The summed E-state index contributed by atoms with van der Waals surface area (Å²) in [5.74, 6) is 0. The van der Waals surface area contributed by atoms with Gasteiger partial charge < -0.3 is 4.57 Å². The third kappa shape index (κ3) is 3.41. The molecule has 0 N–H and O–H groups in total. The number of nitrogens with zero attached hydrogens (tertiary/aromatic N) is 2. The average Bonchev–Trinajstić information content (AvgIpc) is 3.07. The van der Waals surface area contributed by atoms with Crippen molar-refractivity contribution in [3.8, 4) is 0 Å². The zero-order valence-corrected chi connectivity index (χ0v) is 13.3. The van der Waals surface area contributed by atoms with E-state index in [1.165, 1.54) is 0 Å². The van der Waals surface area contributed by atoms with Crippen LogP contribution >= 0.6 is 23.2 Å². The van der Waals surface area contributed by atoms with E-state index >= 15 is 0 Å². The first-order valence-corrected chi connectivity index (χ1v) is 7.65. The highest BCUT2D eigenvalue weighted by Crippen LogP contribution is 2.31. The largest absolute Gasteiger partial charge is 0.333 e. The summed E-state index contributed by atoms with van der Waals surface area (Å²) in [6, 6.07) is 17.7. The van der Waals surface area contributed by atoms with Crippen molar-refractivity contribution in [1.29, 1.82) is 0 Å². The molecule has 2 nitrogen and oxygen atoms in total. The number of aromatic nitrogens is 2. The SMILES string of the molecule is ClC(=C(Cn1ccnc1)c1ccccc1)c1ccc(Cl)cc1. The Hall–Kier alpha value is -2.03. The molecule has 2 aromatic carbocycles. The molecule has 0 aliphatic heterocycles. The number of rotatable bonds is 4. The van der Waals surface area contributed by atoms with Gasteiger partial charge in [0.25, 0.3) is 0 Å². The van der Waals surface area contributed by atoms with E-state index in [1.807, 2.05) is 53.2 Å². The summed E-state index contributed by atoms with van der Waals surface area (Å²) >= 11 is 12.6. The third-order valence-electron chi connectivity index (χ3n) is 3.38. The summed E-state index contributed by atoms with van der Waals surface area (Å²) in [5.41, 5.74) is 3.09. The van der Waals surface area contributed by atoms with Crippen LogP contribution in [0.2, 0.25) is 5.02 Å². The Bertz CT molecular complexity index is 761. The maximum Gasteiger partial charge on any atom is 0.0949 e. The fourth-order valence-corrected chi connectivity index (χ4v) is 2.68. The third-order valence-corrected chi connectivity index (χ3v) is 4.08. The lowest BCUT2D eigenvalue weighted by atomic mass is 10.0. The molecule has 0 unspecified atom stereocenters. The van der Waals surface area contributed by atoms with Crippen LogP contribution in [-0.4, -0.2) is 9.55 Å². The fraction of sp³-hybridized carbons (Fsp3) is 0.0556. The second kappa shape index (κ2) is 6.82. The van der Waals surface area contributed by atoms with Gasteiger partial charge in [-0.25, -0.2) is 4.98 Å². The van der Waals surface area contributed by atoms with Crippen molar-refractivity contribution in [1.82, 2.24) is 9.55 Å². The Labute approximate surface area is 139 Å². The van der Waals surface area contributed by atoms with Crippen LogP contribution in [0.4, 0.5) is 0 Å². The lowest BCUT2D eigenvalue weighted by molar-refractivity contribution is 0.835. The van der Waals surface area contributed by atoms with Crippen LogP contribution < -0.4 is 0 Å². The van der Waals surface area contributed by atoms with Gasteiger partial charge in [-0.05, 0) is 28.8 Å². The summed E-state index contributed by atoms with van der Waals surface area (Å²) in [5, 5.41) is 1.42. The molecule has 110 valence electrons. The molecule has 0 fully saturated rings. The minimum atomic E-state index is 0.658. The van der Waals surface area contributed by atoms with Crippen molar-refractivity contribution in [3.63, 3.8) is 0 Å². The maximum atomic E-state index is 6.68. The summed E-state index contributed by atoms with van der Waals surface area (Å²) in [4.78, 5) is 4.09. The van der Waals surface area contributed by atoms with Gasteiger partial charge in [0.2, 0.25) is 0 Å². The second-order valence-corrected chi connectivity index (χ2v) is 5.71. The zero-order chi connectivity index (χ0) is 15.4. The number of allylic oxidation sites excluding steroid dienone is 1. The van der Waals surface area contributed by atoms with Crippen LogP contribution in [0, 0.1) is 0 Å². The number of imidazole rings is 1. The van der Waals surface area contributed by atoms with Crippen molar-refractivity contribution in [2.45, 2.75) is 6.54 Å². The van der Waals surface area contributed by atoms with E-state index in [2.05, 4.69) is 17.1 Å². The lowest BCUT2D eigenvalue weighted by Gasteiger charge is -2.13. The first kappa shape index (κ1) is 14.9. The van der Waals surface area contributed by atoms with Crippen LogP contribution in [-0.2, 0) is 6.54 Å². The number of hydrogen-bond acceptors (Lipinski definition) is 1. The standard InChI is InChI=1S/C18H14Cl2N2/c19-16-8-6-15(7-9-16)18(20)17(12-22-11-10-21-13-22)14-4-2-1-3-5-14/h1-11,13H,12H2. The number of halogens is 2. The van der Waals surface area contributed by atoms with Gasteiger partial charge in [0.05, 0.1) is 17.9 Å². The summed E-state index contributed by atoms with van der Waals surface area (Å²) in [6.45, 7) is 0.658. The highest BCUT2D eigenvalue weighted by atomic mass is 35.5. The Kier molecular flexibility index (Phi) is 4.62. The molecule has 0 aliphatic carbocycles. The predicted octanol–water partition coefficient (Wildman–Crippen LogP) is 5.34. The van der Waals surface area contributed by atoms with E-state index in [0.717, 1.165) is 21.7 Å². The van der Waals surface area contributed by atoms with Crippen LogP contribution in [0.5, 0.6) is 0 Å². The topological polar surface area (TPSA) is 17.8 Å². The molecular weight excluding hydrogens is 315 g/mol. The molecule has 0 radical (unpaired) electrons. The van der Waals surface area contributed by atoms with E-state index in [4.69, 9.17) is 23.2 Å². The monoisotopic (exact) mass is 328 g/mol. The number of benzene rings is 2. The van der Waals surface area contributed by atoms with Crippen molar-refractivity contribution in [2.75, 3.05) is 0 Å². The van der Waals surface area contributed by atoms with Gasteiger partial charge in [-0.1, -0.05) is 65.7 Å². The van der Waals surface area contributed by atoms with Gasteiger partial charge in [-0.15, -0.1) is 0 Å². The highest BCUT2D eigenvalue weighted by molar-refractivity contribution is 6.52. The molecule has 0 saturated heterocycles. The molecule has 0 saturated carbocycles. The van der Waals surface area contributed by atoms with Gasteiger partial charge in [-0.2, -0.15) is 0 Å². The molecule has 4 heteroatoms. The Morgan fingerprint density at radius 1 is 0.955 bits per heavy atom. The molecule has 1 heterocycles. The average molecular weight is 329 g/mol. The van der Waals surface area contributed by atoms with Crippen LogP contribution in [0.1, 0.15) is 11.1 Å². The van der Waals surface area contributed by atoms with Gasteiger partial charge in [0.1, 0.15) is 0 Å². The number of hydrogen-bond donors (Lipinski definition) is 0. The highest BCUT2D eigenvalue weighted by Gasteiger charge is 2.10. The minimum absolute atomic E-state index is 0.658.